The van der Waals surface area contributed by atoms with E-state index in [9.17, 15) is 19.5 Å². The van der Waals surface area contributed by atoms with Crippen LogP contribution in [0.3, 0.4) is 0 Å². The van der Waals surface area contributed by atoms with Crippen LogP contribution in [0.5, 0.6) is 0 Å². The first-order chi connectivity index (χ1) is 10.6. The number of hydrogen-bond donors (Lipinski definition) is 6. The molecule has 0 aliphatic heterocycles. The van der Waals surface area contributed by atoms with Gasteiger partial charge in [0.05, 0.1) is 18.9 Å². The molecular weight excluding hydrogens is 312 g/mol. The van der Waals surface area contributed by atoms with Crippen LogP contribution in [0.4, 0.5) is 0 Å². The molecule has 0 bridgehead atoms. The molecule has 0 radical (unpaired) electrons. The third-order valence-electron chi connectivity index (χ3n) is 2.87. The lowest BCUT2D eigenvalue weighted by Crippen LogP contribution is -2.42. The smallest absolute Gasteiger partial charge is 0.336 e. The SMILES string of the molecule is CCCCC(O)CCCO.O=C(O)CC(O)(CC(=O)O)C(=O)O. The average Bonchev–Trinajstić information content (AvgIpc) is 2.41. The second kappa shape index (κ2) is 12.8. The summed E-state index contributed by atoms with van der Waals surface area (Å²) >= 11 is 0. The van der Waals surface area contributed by atoms with Gasteiger partial charge in [0.15, 0.2) is 5.60 Å². The Labute approximate surface area is 134 Å². The van der Waals surface area contributed by atoms with Gasteiger partial charge in [-0.25, -0.2) is 4.79 Å². The minimum Gasteiger partial charge on any atom is -0.481 e. The highest BCUT2D eigenvalue weighted by Crippen LogP contribution is 2.15. The van der Waals surface area contributed by atoms with Crippen LogP contribution in [-0.4, -0.2) is 66.9 Å². The second-order valence-corrected chi connectivity index (χ2v) is 5.14. The standard InChI is InChI=1S/C8H18O2.C6H8O7/c1-2-3-5-8(10)6-4-7-9;7-3(8)1-6(13,5(11)12)2-4(9)10/h8-10H,2-7H2,1H3;13H,1-2H2,(H,7,8)(H,9,10)(H,11,12). The molecule has 136 valence electrons. The molecule has 23 heavy (non-hydrogen) atoms. The molecule has 0 spiro atoms. The number of carbonyl (C=O) groups is 3. The molecule has 0 amide bonds. The summed E-state index contributed by atoms with van der Waals surface area (Å²) in [5.41, 5.74) is -2.74. The number of carboxylic acids is 3. The summed E-state index contributed by atoms with van der Waals surface area (Å²) in [5.74, 6) is -5.02. The summed E-state index contributed by atoms with van der Waals surface area (Å²) in [6.07, 6.45) is 2.11. The Morgan fingerprint density at radius 1 is 0.957 bits per heavy atom. The molecular formula is C14H26O9. The summed E-state index contributed by atoms with van der Waals surface area (Å²) in [7, 11) is 0. The first-order valence-corrected chi connectivity index (χ1v) is 7.27. The zero-order chi connectivity index (χ0) is 18.5. The van der Waals surface area contributed by atoms with E-state index in [0.717, 1.165) is 32.1 Å². The van der Waals surface area contributed by atoms with Gasteiger partial charge in [-0.05, 0) is 19.3 Å². The quantitative estimate of drug-likeness (QED) is 0.304. The van der Waals surface area contributed by atoms with Gasteiger partial charge >= 0.3 is 17.9 Å². The highest BCUT2D eigenvalue weighted by Gasteiger charge is 2.40. The van der Waals surface area contributed by atoms with Crippen molar-refractivity contribution in [3.63, 3.8) is 0 Å². The Bertz CT molecular complexity index is 343. The first-order valence-electron chi connectivity index (χ1n) is 7.27. The van der Waals surface area contributed by atoms with E-state index in [-0.39, 0.29) is 12.7 Å². The van der Waals surface area contributed by atoms with Crippen molar-refractivity contribution >= 4 is 17.9 Å². The van der Waals surface area contributed by atoms with Crippen LogP contribution in [0, 0.1) is 0 Å². The highest BCUT2D eigenvalue weighted by molar-refractivity contribution is 5.88. The van der Waals surface area contributed by atoms with E-state index >= 15 is 0 Å². The van der Waals surface area contributed by atoms with Crippen molar-refractivity contribution in [1.82, 2.24) is 0 Å². The summed E-state index contributed by atoms with van der Waals surface area (Å²) in [5, 5.41) is 51.4. The lowest BCUT2D eigenvalue weighted by Gasteiger charge is -2.18. The van der Waals surface area contributed by atoms with Crippen LogP contribution >= 0.6 is 0 Å². The topological polar surface area (TPSA) is 173 Å². The fourth-order valence-electron chi connectivity index (χ4n) is 1.63. The molecule has 0 aliphatic rings. The lowest BCUT2D eigenvalue weighted by atomic mass is 9.96. The van der Waals surface area contributed by atoms with Gasteiger partial charge in [-0.2, -0.15) is 0 Å². The minimum atomic E-state index is -2.74. The van der Waals surface area contributed by atoms with Crippen molar-refractivity contribution in [3.8, 4) is 0 Å². The van der Waals surface area contributed by atoms with Crippen LogP contribution in [0.1, 0.15) is 51.9 Å². The Kier molecular flexibility index (Phi) is 13.1. The number of carboxylic acid groups (broad SMARTS) is 3. The number of aliphatic carboxylic acids is 3. The van der Waals surface area contributed by atoms with Gasteiger partial charge in [0.25, 0.3) is 0 Å². The summed E-state index contributed by atoms with van der Waals surface area (Å²) in [6.45, 7) is 2.31. The molecule has 0 fully saturated rings. The van der Waals surface area contributed by atoms with Gasteiger partial charge in [0, 0.05) is 6.61 Å². The predicted molar refractivity (Wildman–Crippen MR) is 78.9 cm³/mol. The lowest BCUT2D eigenvalue weighted by molar-refractivity contribution is -0.170. The zero-order valence-corrected chi connectivity index (χ0v) is 13.1. The molecule has 0 saturated carbocycles. The van der Waals surface area contributed by atoms with Crippen molar-refractivity contribution in [3.05, 3.63) is 0 Å². The van der Waals surface area contributed by atoms with Gasteiger partial charge in [-0.1, -0.05) is 19.8 Å². The van der Waals surface area contributed by atoms with Crippen LogP contribution in [0.15, 0.2) is 0 Å². The average molecular weight is 338 g/mol. The van der Waals surface area contributed by atoms with Crippen molar-refractivity contribution < 1.29 is 45.0 Å². The fraction of sp³-hybridized carbons (Fsp3) is 0.786. The molecule has 0 rings (SSSR count). The summed E-state index contributed by atoms with van der Waals surface area (Å²) in [4.78, 5) is 30.5. The number of aliphatic hydroxyl groups excluding tert-OH is 2. The third kappa shape index (κ3) is 13.7. The van der Waals surface area contributed by atoms with E-state index in [1.807, 2.05) is 0 Å². The number of rotatable bonds is 11. The number of hydrogen-bond acceptors (Lipinski definition) is 6. The van der Waals surface area contributed by atoms with Gasteiger partial charge in [0.2, 0.25) is 0 Å². The van der Waals surface area contributed by atoms with Gasteiger partial charge in [-0.3, -0.25) is 9.59 Å². The number of aliphatic hydroxyl groups is 3. The number of unbranched alkanes of at least 4 members (excludes halogenated alkanes) is 1. The largest absolute Gasteiger partial charge is 0.481 e. The molecule has 6 N–H and O–H groups in total. The molecule has 0 saturated heterocycles. The molecule has 0 aromatic heterocycles. The van der Waals surface area contributed by atoms with E-state index in [0.29, 0.717) is 0 Å². The Hall–Kier alpha value is -1.71. The zero-order valence-electron chi connectivity index (χ0n) is 13.1. The Balaban J connectivity index is 0. The Morgan fingerprint density at radius 3 is 1.70 bits per heavy atom. The highest BCUT2D eigenvalue weighted by atomic mass is 16.4. The van der Waals surface area contributed by atoms with Crippen molar-refractivity contribution in [2.45, 2.75) is 63.6 Å². The van der Waals surface area contributed by atoms with Crippen LogP contribution in [-0.2, 0) is 14.4 Å². The van der Waals surface area contributed by atoms with Gasteiger partial charge in [-0.15, -0.1) is 0 Å². The minimum absolute atomic E-state index is 0.188. The fourth-order valence-corrected chi connectivity index (χ4v) is 1.63. The molecule has 0 aromatic rings. The maximum Gasteiger partial charge on any atom is 0.336 e. The van der Waals surface area contributed by atoms with E-state index < -0.39 is 36.4 Å². The molecule has 1 unspecified atom stereocenters. The van der Waals surface area contributed by atoms with E-state index in [4.69, 9.17) is 25.5 Å². The molecule has 0 aromatic carbocycles. The molecule has 9 nitrogen and oxygen atoms in total. The molecule has 9 heteroatoms. The van der Waals surface area contributed by atoms with Crippen LogP contribution in [0.2, 0.25) is 0 Å². The maximum absolute atomic E-state index is 10.3. The van der Waals surface area contributed by atoms with Crippen molar-refractivity contribution in [2.24, 2.45) is 0 Å². The normalized spacial score (nSPS) is 12.0. The third-order valence-corrected chi connectivity index (χ3v) is 2.87. The van der Waals surface area contributed by atoms with E-state index in [1.165, 1.54) is 0 Å². The summed E-state index contributed by atoms with van der Waals surface area (Å²) < 4.78 is 0. The maximum atomic E-state index is 10.3. The van der Waals surface area contributed by atoms with Crippen molar-refractivity contribution in [1.29, 1.82) is 0 Å². The van der Waals surface area contributed by atoms with E-state index in [2.05, 4.69) is 6.92 Å². The van der Waals surface area contributed by atoms with Crippen molar-refractivity contribution in [2.75, 3.05) is 6.61 Å². The second-order valence-electron chi connectivity index (χ2n) is 5.14. The molecule has 0 heterocycles. The molecule has 1 atom stereocenters. The molecule has 0 aliphatic carbocycles. The van der Waals surface area contributed by atoms with Gasteiger partial charge < -0.3 is 30.6 Å². The van der Waals surface area contributed by atoms with E-state index in [1.54, 1.807) is 0 Å². The summed E-state index contributed by atoms with van der Waals surface area (Å²) in [6, 6.07) is 0. The van der Waals surface area contributed by atoms with Gasteiger partial charge in [0.1, 0.15) is 0 Å². The van der Waals surface area contributed by atoms with Crippen LogP contribution in [0.25, 0.3) is 0 Å². The first kappa shape index (κ1) is 23.6. The predicted octanol–water partition coefficient (Wildman–Crippen LogP) is 0.0615. The van der Waals surface area contributed by atoms with Crippen LogP contribution < -0.4 is 0 Å². The Morgan fingerprint density at radius 2 is 1.39 bits per heavy atom. The monoisotopic (exact) mass is 338 g/mol.